The van der Waals surface area contributed by atoms with Crippen molar-refractivity contribution in [2.75, 3.05) is 5.32 Å². The maximum atomic E-state index is 12.8. The van der Waals surface area contributed by atoms with Gasteiger partial charge in [-0.3, -0.25) is 4.79 Å². The molecule has 3 rings (SSSR count). The molecule has 0 unspecified atom stereocenters. The molecule has 22 heavy (non-hydrogen) atoms. The van der Waals surface area contributed by atoms with Crippen molar-refractivity contribution in [1.82, 2.24) is 0 Å². The highest BCUT2D eigenvalue weighted by molar-refractivity contribution is 6.31. The average Bonchev–Trinajstić information content (AvgIpc) is 2.50. The fraction of sp³-hybridized carbons (Fsp3) is 0.125. The minimum atomic E-state index is -0.925. The van der Waals surface area contributed by atoms with Gasteiger partial charge in [0.2, 0.25) is 0 Å². The molecule has 0 aliphatic carbocycles. The molecule has 1 amide bonds. The topological polar surface area (TPSA) is 55.4 Å². The van der Waals surface area contributed by atoms with Crippen LogP contribution >= 0.6 is 11.6 Å². The third-order valence-corrected chi connectivity index (χ3v) is 3.59. The summed E-state index contributed by atoms with van der Waals surface area (Å²) in [5.74, 6) is -1.43. The fourth-order valence-electron chi connectivity index (χ4n) is 2.25. The molecule has 1 atom stereocenters. The Morgan fingerprint density at radius 2 is 1.95 bits per heavy atom. The second-order valence-electron chi connectivity index (χ2n) is 4.90. The number of halogens is 2. The summed E-state index contributed by atoms with van der Waals surface area (Å²) >= 11 is 5.84. The standard InChI is InChI=1S/C16H11ClFNO3/c17-10-2-1-9-7-14(22-16(21)13(9)8-10)15(20)19-12-5-3-11(18)4-6-12/h1-6,8,14H,7H2,(H,19,20)/t14-/m0/s1. The lowest BCUT2D eigenvalue weighted by atomic mass is 9.98. The highest BCUT2D eigenvalue weighted by Crippen LogP contribution is 2.24. The van der Waals surface area contributed by atoms with Crippen molar-refractivity contribution in [3.05, 3.63) is 64.4 Å². The second-order valence-corrected chi connectivity index (χ2v) is 5.33. The molecule has 2 aromatic rings. The highest BCUT2D eigenvalue weighted by Gasteiger charge is 2.31. The Morgan fingerprint density at radius 1 is 1.23 bits per heavy atom. The predicted octanol–water partition coefficient (Wildman–Crippen LogP) is 3.20. The number of cyclic esters (lactones) is 1. The SMILES string of the molecule is O=C1O[C@H](C(=O)Nc2ccc(F)cc2)Cc2ccc(Cl)cc21. The first-order valence-electron chi connectivity index (χ1n) is 6.59. The Balaban J connectivity index is 1.76. The Morgan fingerprint density at radius 3 is 2.68 bits per heavy atom. The molecule has 0 bridgehead atoms. The Kier molecular flexibility index (Phi) is 3.81. The van der Waals surface area contributed by atoms with Crippen molar-refractivity contribution < 1.29 is 18.7 Å². The van der Waals surface area contributed by atoms with Gasteiger partial charge < -0.3 is 10.1 Å². The molecule has 1 heterocycles. The maximum Gasteiger partial charge on any atom is 0.339 e. The van der Waals surface area contributed by atoms with E-state index in [1.807, 2.05) is 0 Å². The molecule has 2 aromatic carbocycles. The molecule has 4 nitrogen and oxygen atoms in total. The van der Waals surface area contributed by atoms with Gasteiger partial charge in [-0.2, -0.15) is 0 Å². The van der Waals surface area contributed by atoms with E-state index in [4.69, 9.17) is 16.3 Å². The summed E-state index contributed by atoms with van der Waals surface area (Å²) in [4.78, 5) is 24.1. The van der Waals surface area contributed by atoms with Crippen LogP contribution in [0.4, 0.5) is 10.1 Å². The number of anilines is 1. The van der Waals surface area contributed by atoms with Crippen molar-refractivity contribution in [3.63, 3.8) is 0 Å². The summed E-state index contributed by atoms with van der Waals surface area (Å²) in [6.45, 7) is 0. The molecule has 0 fully saturated rings. The molecular weight excluding hydrogens is 309 g/mol. The summed E-state index contributed by atoms with van der Waals surface area (Å²) in [5, 5.41) is 3.03. The first kappa shape index (κ1) is 14.5. The van der Waals surface area contributed by atoms with Crippen LogP contribution in [0, 0.1) is 5.82 Å². The van der Waals surface area contributed by atoms with Gasteiger partial charge in [0.25, 0.3) is 5.91 Å². The Bertz CT molecular complexity index is 746. The van der Waals surface area contributed by atoms with Crippen LogP contribution in [0.1, 0.15) is 15.9 Å². The first-order chi connectivity index (χ1) is 10.5. The lowest BCUT2D eigenvalue weighted by Crippen LogP contribution is -2.38. The highest BCUT2D eigenvalue weighted by atomic mass is 35.5. The molecular formula is C16H11ClFNO3. The molecule has 1 aliphatic heterocycles. The zero-order valence-corrected chi connectivity index (χ0v) is 12.1. The minimum absolute atomic E-state index is 0.269. The monoisotopic (exact) mass is 319 g/mol. The van der Waals surface area contributed by atoms with Crippen LogP contribution in [0.25, 0.3) is 0 Å². The number of rotatable bonds is 2. The van der Waals surface area contributed by atoms with Crippen molar-refractivity contribution in [2.45, 2.75) is 12.5 Å². The van der Waals surface area contributed by atoms with Gasteiger partial charge in [0.1, 0.15) is 5.82 Å². The predicted molar refractivity (Wildman–Crippen MR) is 79.4 cm³/mol. The van der Waals surface area contributed by atoms with E-state index in [0.717, 1.165) is 0 Å². The van der Waals surface area contributed by atoms with E-state index in [1.165, 1.54) is 30.3 Å². The van der Waals surface area contributed by atoms with E-state index >= 15 is 0 Å². The maximum absolute atomic E-state index is 12.8. The quantitative estimate of drug-likeness (QED) is 0.865. The number of fused-ring (bicyclic) bond motifs is 1. The number of hydrogen-bond donors (Lipinski definition) is 1. The van der Waals surface area contributed by atoms with Crippen LogP contribution in [-0.4, -0.2) is 18.0 Å². The van der Waals surface area contributed by atoms with Gasteiger partial charge >= 0.3 is 5.97 Å². The van der Waals surface area contributed by atoms with Crippen molar-refractivity contribution >= 4 is 29.2 Å². The van der Waals surface area contributed by atoms with Crippen molar-refractivity contribution in [3.8, 4) is 0 Å². The van der Waals surface area contributed by atoms with E-state index in [2.05, 4.69) is 5.32 Å². The minimum Gasteiger partial charge on any atom is -0.448 e. The molecule has 112 valence electrons. The normalized spacial score (nSPS) is 16.6. The van der Waals surface area contributed by atoms with Crippen molar-refractivity contribution in [2.24, 2.45) is 0 Å². The van der Waals surface area contributed by atoms with Gasteiger partial charge in [-0.15, -0.1) is 0 Å². The lowest BCUT2D eigenvalue weighted by molar-refractivity contribution is -0.125. The first-order valence-corrected chi connectivity index (χ1v) is 6.96. The Hall–Kier alpha value is -2.40. The van der Waals surface area contributed by atoms with E-state index < -0.39 is 23.8 Å². The summed E-state index contributed by atoms with van der Waals surface area (Å²) in [6.07, 6.45) is -0.656. The number of nitrogens with one attached hydrogen (secondary N) is 1. The molecule has 0 saturated heterocycles. The largest absolute Gasteiger partial charge is 0.448 e. The fourth-order valence-corrected chi connectivity index (χ4v) is 2.43. The van der Waals surface area contributed by atoms with Gasteiger partial charge in [0.15, 0.2) is 6.10 Å². The molecule has 1 aliphatic rings. The number of carbonyl (C=O) groups excluding carboxylic acids is 2. The average molecular weight is 320 g/mol. The van der Waals surface area contributed by atoms with Gasteiger partial charge in [0.05, 0.1) is 5.56 Å². The smallest absolute Gasteiger partial charge is 0.339 e. The molecule has 0 aromatic heterocycles. The Labute approximate surface area is 130 Å². The number of hydrogen-bond acceptors (Lipinski definition) is 3. The van der Waals surface area contributed by atoms with E-state index in [1.54, 1.807) is 12.1 Å². The third kappa shape index (κ3) is 2.94. The van der Waals surface area contributed by atoms with Crippen LogP contribution < -0.4 is 5.32 Å². The number of ether oxygens (including phenoxy) is 1. The van der Waals surface area contributed by atoms with Crippen LogP contribution in [0.2, 0.25) is 5.02 Å². The van der Waals surface area contributed by atoms with Gasteiger partial charge in [-0.25, -0.2) is 9.18 Å². The van der Waals surface area contributed by atoms with Crippen LogP contribution in [0.15, 0.2) is 42.5 Å². The summed E-state index contributed by atoms with van der Waals surface area (Å²) in [5.41, 5.74) is 1.52. The summed E-state index contributed by atoms with van der Waals surface area (Å²) < 4.78 is 18.0. The lowest BCUT2D eigenvalue weighted by Gasteiger charge is -2.24. The summed E-state index contributed by atoms with van der Waals surface area (Å²) in [7, 11) is 0. The van der Waals surface area contributed by atoms with Gasteiger partial charge in [0, 0.05) is 17.1 Å². The zero-order chi connectivity index (χ0) is 15.7. The van der Waals surface area contributed by atoms with E-state index in [0.29, 0.717) is 21.8 Å². The molecule has 0 saturated carbocycles. The van der Waals surface area contributed by atoms with Gasteiger partial charge in [-0.05, 0) is 42.0 Å². The molecule has 1 N–H and O–H groups in total. The zero-order valence-electron chi connectivity index (χ0n) is 11.3. The van der Waals surface area contributed by atoms with Gasteiger partial charge in [-0.1, -0.05) is 17.7 Å². The molecule has 0 radical (unpaired) electrons. The number of amides is 1. The molecule has 0 spiro atoms. The van der Waals surface area contributed by atoms with E-state index in [-0.39, 0.29) is 6.42 Å². The summed E-state index contributed by atoms with van der Waals surface area (Å²) in [6, 6.07) is 10.2. The van der Waals surface area contributed by atoms with Crippen LogP contribution in [-0.2, 0) is 16.0 Å². The second kappa shape index (κ2) is 5.77. The number of carbonyl (C=O) groups is 2. The van der Waals surface area contributed by atoms with E-state index in [9.17, 15) is 14.0 Å². The van der Waals surface area contributed by atoms with Crippen molar-refractivity contribution in [1.29, 1.82) is 0 Å². The molecule has 6 heteroatoms. The third-order valence-electron chi connectivity index (χ3n) is 3.35. The number of benzene rings is 2. The number of esters is 1. The van der Waals surface area contributed by atoms with Crippen LogP contribution in [0.5, 0.6) is 0 Å². The van der Waals surface area contributed by atoms with Crippen LogP contribution in [0.3, 0.4) is 0 Å².